The smallest absolute Gasteiger partial charge is 0.329 e. The third-order valence-corrected chi connectivity index (χ3v) is 3.39. The highest BCUT2D eigenvalue weighted by Gasteiger charge is 2.37. The average Bonchev–Trinajstić information content (AvgIpc) is 2.38. The summed E-state index contributed by atoms with van der Waals surface area (Å²) in [7, 11) is 0. The second kappa shape index (κ2) is 5.87. The monoisotopic (exact) mass is 263 g/mol. The number of aliphatic carboxylic acids is 1. The number of benzene rings is 1. The third-order valence-electron chi connectivity index (χ3n) is 3.39. The Labute approximate surface area is 114 Å². The van der Waals surface area contributed by atoms with Gasteiger partial charge in [0.05, 0.1) is 0 Å². The number of aryl methyl sites for hydroxylation is 1. The van der Waals surface area contributed by atoms with Crippen LogP contribution in [0.2, 0.25) is 0 Å². The second-order valence-electron chi connectivity index (χ2n) is 4.92. The number of carboxylic acid groups (broad SMARTS) is 1. The van der Waals surface area contributed by atoms with Crippen LogP contribution in [0.4, 0.5) is 0 Å². The molecule has 0 heterocycles. The maximum atomic E-state index is 12.6. The molecule has 0 fully saturated rings. The molecular weight excluding hydrogens is 242 g/mol. The Morgan fingerprint density at radius 1 is 1.21 bits per heavy atom. The normalized spacial score (nSPS) is 11.2. The van der Waals surface area contributed by atoms with Gasteiger partial charge in [0.2, 0.25) is 0 Å². The van der Waals surface area contributed by atoms with E-state index in [0.29, 0.717) is 12.1 Å². The number of hydrogen-bond donors (Lipinski definition) is 1. The molecule has 0 aromatic heterocycles. The van der Waals surface area contributed by atoms with Crippen LogP contribution in [0.25, 0.3) is 0 Å². The van der Waals surface area contributed by atoms with Crippen LogP contribution in [0.15, 0.2) is 24.3 Å². The van der Waals surface area contributed by atoms with E-state index in [0.717, 1.165) is 12.0 Å². The maximum absolute atomic E-state index is 12.6. The molecule has 0 saturated heterocycles. The Hall–Kier alpha value is -1.84. The van der Waals surface area contributed by atoms with E-state index >= 15 is 0 Å². The van der Waals surface area contributed by atoms with Gasteiger partial charge in [-0.25, -0.2) is 4.79 Å². The molecule has 0 spiro atoms. The van der Waals surface area contributed by atoms with Crippen molar-refractivity contribution in [2.24, 2.45) is 0 Å². The number of likely N-dealkylation sites (N-methyl/N-ethyl adjacent to an activating group) is 1. The molecule has 1 aromatic rings. The van der Waals surface area contributed by atoms with Crippen molar-refractivity contribution in [1.29, 1.82) is 0 Å². The first-order valence-electron chi connectivity index (χ1n) is 6.49. The molecule has 104 valence electrons. The summed E-state index contributed by atoms with van der Waals surface area (Å²) in [4.78, 5) is 25.3. The van der Waals surface area contributed by atoms with Gasteiger partial charge in [-0.1, -0.05) is 25.1 Å². The first-order chi connectivity index (χ1) is 8.86. The van der Waals surface area contributed by atoms with Gasteiger partial charge >= 0.3 is 5.97 Å². The molecule has 0 bridgehead atoms. The number of amides is 1. The lowest BCUT2D eigenvalue weighted by molar-refractivity contribution is -0.147. The molecule has 1 rings (SSSR count). The Morgan fingerprint density at radius 3 is 2.26 bits per heavy atom. The highest BCUT2D eigenvalue weighted by Crippen LogP contribution is 2.20. The summed E-state index contributed by atoms with van der Waals surface area (Å²) >= 11 is 0. The largest absolute Gasteiger partial charge is 0.480 e. The summed E-state index contributed by atoms with van der Waals surface area (Å²) < 4.78 is 0. The van der Waals surface area contributed by atoms with Crippen molar-refractivity contribution >= 4 is 11.9 Å². The van der Waals surface area contributed by atoms with Gasteiger partial charge in [0.1, 0.15) is 5.54 Å². The number of rotatable bonds is 5. The molecule has 0 aliphatic carbocycles. The third kappa shape index (κ3) is 2.95. The lowest BCUT2D eigenvalue weighted by Crippen LogP contribution is -2.53. The van der Waals surface area contributed by atoms with Gasteiger partial charge in [-0.15, -0.1) is 0 Å². The minimum Gasteiger partial charge on any atom is -0.480 e. The molecular formula is C15H21NO3. The molecule has 0 radical (unpaired) electrons. The zero-order chi connectivity index (χ0) is 14.6. The van der Waals surface area contributed by atoms with Gasteiger partial charge in [0, 0.05) is 12.1 Å². The van der Waals surface area contributed by atoms with E-state index in [9.17, 15) is 14.7 Å². The molecule has 0 atom stereocenters. The Balaban J connectivity index is 3.20. The molecule has 19 heavy (non-hydrogen) atoms. The number of hydrogen-bond acceptors (Lipinski definition) is 2. The maximum Gasteiger partial charge on any atom is 0.329 e. The van der Waals surface area contributed by atoms with E-state index in [4.69, 9.17) is 0 Å². The van der Waals surface area contributed by atoms with E-state index in [2.05, 4.69) is 0 Å². The fourth-order valence-electron chi connectivity index (χ4n) is 2.09. The summed E-state index contributed by atoms with van der Waals surface area (Å²) in [6.45, 7) is 7.22. The molecule has 4 nitrogen and oxygen atoms in total. The van der Waals surface area contributed by atoms with Crippen LogP contribution in [-0.2, 0) is 11.2 Å². The Bertz CT molecular complexity index is 480. The van der Waals surface area contributed by atoms with E-state index in [1.165, 1.54) is 4.90 Å². The SMILES string of the molecule is CCc1ccccc1C(=O)N(CC)C(C)(C)C(=O)O. The van der Waals surface area contributed by atoms with Crippen LogP contribution in [0.5, 0.6) is 0 Å². The van der Waals surface area contributed by atoms with Gasteiger partial charge in [0.15, 0.2) is 0 Å². The van der Waals surface area contributed by atoms with Gasteiger partial charge in [-0.2, -0.15) is 0 Å². The van der Waals surface area contributed by atoms with Gasteiger partial charge in [-0.3, -0.25) is 4.79 Å². The van der Waals surface area contributed by atoms with Crippen molar-refractivity contribution in [3.8, 4) is 0 Å². The fraction of sp³-hybridized carbons (Fsp3) is 0.467. The van der Waals surface area contributed by atoms with Crippen molar-refractivity contribution in [2.75, 3.05) is 6.54 Å². The highest BCUT2D eigenvalue weighted by molar-refractivity contribution is 5.98. The predicted octanol–water partition coefficient (Wildman–Crippen LogP) is 2.57. The standard InChI is InChI=1S/C15H21NO3/c1-5-11-9-7-8-10-12(11)13(17)16(6-2)15(3,4)14(18)19/h7-10H,5-6H2,1-4H3,(H,18,19). The minimum atomic E-state index is -1.22. The van der Waals surface area contributed by atoms with E-state index < -0.39 is 11.5 Å². The summed E-state index contributed by atoms with van der Waals surface area (Å²) in [5, 5.41) is 9.27. The summed E-state index contributed by atoms with van der Waals surface area (Å²) in [5.74, 6) is -1.23. The number of nitrogens with zero attached hydrogens (tertiary/aromatic N) is 1. The van der Waals surface area contributed by atoms with Crippen LogP contribution in [0.1, 0.15) is 43.6 Å². The van der Waals surface area contributed by atoms with Gasteiger partial charge in [-0.05, 0) is 38.8 Å². The molecule has 1 N–H and O–H groups in total. The van der Waals surface area contributed by atoms with E-state index in [1.54, 1.807) is 32.9 Å². The van der Waals surface area contributed by atoms with Crippen molar-refractivity contribution in [2.45, 2.75) is 39.7 Å². The molecule has 0 aliphatic heterocycles. The van der Waals surface area contributed by atoms with Crippen LogP contribution in [0, 0.1) is 0 Å². The quantitative estimate of drug-likeness (QED) is 0.888. The molecule has 0 aliphatic rings. The van der Waals surface area contributed by atoms with Crippen LogP contribution in [0.3, 0.4) is 0 Å². The van der Waals surface area contributed by atoms with Crippen molar-refractivity contribution in [3.63, 3.8) is 0 Å². The number of carbonyl (C=O) groups is 2. The van der Waals surface area contributed by atoms with Crippen LogP contribution >= 0.6 is 0 Å². The highest BCUT2D eigenvalue weighted by atomic mass is 16.4. The topological polar surface area (TPSA) is 57.6 Å². The second-order valence-corrected chi connectivity index (χ2v) is 4.92. The zero-order valence-corrected chi connectivity index (χ0v) is 11.9. The predicted molar refractivity (Wildman–Crippen MR) is 74.2 cm³/mol. The van der Waals surface area contributed by atoms with E-state index in [1.807, 2.05) is 19.1 Å². The summed E-state index contributed by atoms with van der Waals surface area (Å²) in [5.41, 5.74) is 0.306. The molecule has 4 heteroatoms. The minimum absolute atomic E-state index is 0.229. The summed E-state index contributed by atoms with van der Waals surface area (Å²) in [6.07, 6.45) is 0.743. The first kappa shape index (κ1) is 15.2. The molecule has 0 saturated carbocycles. The first-order valence-corrected chi connectivity index (χ1v) is 6.49. The van der Waals surface area contributed by atoms with Crippen molar-refractivity contribution in [1.82, 2.24) is 4.90 Å². The van der Waals surface area contributed by atoms with Crippen molar-refractivity contribution < 1.29 is 14.7 Å². The van der Waals surface area contributed by atoms with Crippen LogP contribution in [-0.4, -0.2) is 34.0 Å². The lowest BCUT2D eigenvalue weighted by atomic mass is 9.98. The van der Waals surface area contributed by atoms with Crippen molar-refractivity contribution in [3.05, 3.63) is 35.4 Å². The van der Waals surface area contributed by atoms with Gasteiger partial charge < -0.3 is 10.0 Å². The number of carbonyl (C=O) groups excluding carboxylic acids is 1. The number of carboxylic acids is 1. The van der Waals surface area contributed by atoms with Crippen LogP contribution < -0.4 is 0 Å². The molecule has 1 amide bonds. The van der Waals surface area contributed by atoms with E-state index in [-0.39, 0.29) is 5.91 Å². The lowest BCUT2D eigenvalue weighted by Gasteiger charge is -2.34. The van der Waals surface area contributed by atoms with Gasteiger partial charge in [0.25, 0.3) is 5.91 Å². The molecule has 0 unspecified atom stereocenters. The molecule has 1 aromatic carbocycles. The Kier molecular flexibility index (Phi) is 4.70. The summed E-state index contributed by atoms with van der Waals surface area (Å²) in [6, 6.07) is 7.33. The zero-order valence-electron chi connectivity index (χ0n) is 11.9. The fourth-order valence-corrected chi connectivity index (χ4v) is 2.09. The average molecular weight is 263 g/mol. The Morgan fingerprint density at radius 2 is 1.79 bits per heavy atom.